The predicted molar refractivity (Wildman–Crippen MR) is 128 cm³/mol. The molecular weight excluding hydrogens is 515 g/mol. The van der Waals surface area contributed by atoms with E-state index in [-0.39, 0.29) is 5.97 Å². The molecule has 7 heteroatoms. The second-order valence-corrected chi connectivity index (χ2v) is 8.03. The molecule has 1 amide bonds. The van der Waals surface area contributed by atoms with E-state index in [2.05, 4.69) is 27.6 Å². The zero-order valence-corrected chi connectivity index (χ0v) is 19.0. The summed E-state index contributed by atoms with van der Waals surface area (Å²) in [7, 11) is 0. The van der Waals surface area contributed by atoms with Crippen LogP contribution in [0.1, 0.15) is 33.2 Å². The molecule has 0 fully saturated rings. The van der Waals surface area contributed by atoms with E-state index in [0.717, 1.165) is 37.4 Å². The second-order valence-electron chi connectivity index (χ2n) is 6.86. The third-order valence-electron chi connectivity index (χ3n) is 5.01. The molecule has 30 heavy (non-hydrogen) atoms. The number of carbonyl (C=O) groups is 2. The van der Waals surface area contributed by atoms with Crippen molar-refractivity contribution < 1.29 is 14.3 Å². The summed E-state index contributed by atoms with van der Waals surface area (Å²) in [5, 5.41) is 2.29. The maximum Gasteiger partial charge on any atom is 0.338 e. The Labute approximate surface area is 191 Å². The minimum Gasteiger partial charge on any atom is -0.462 e. The number of halogens is 2. The van der Waals surface area contributed by atoms with Gasteiger partial charge in [-0.1, -0.05) is 46.3 Å². The van der Waals surface area contributed by atoms with Crippen molar-refractivity contribution in [2.45, 2.75) is 11.4 Å². The lowest BCUT2D eigenvalue weighted by atomic mass is 9.98. The number of aromatic nitrogens is 1. The van der Waals surface area contributed by atoms with Crippen LogP contribution < -0.4 is 5.73 Å². The van der Waals surface area contributed by atoms with Crippen LogP contribution in [0.3, 0.4) is 0 Å². The monoisotopic (exact) mass is 532 g/mol. The third kappa shape index (κ3) is 3.65. The summed E-state index contributed by atoms with van der Waals surface area (Å²) >= 11 is 8.67. The average molecular weight is 533 g/mol. The van der Waals surface area contributed by atoms with E-state index in [1.807, 2.05) is 24.3 Å². The van der Waals surface area contributed by atoms with Gasteiger partial charge >= 0.3 is 5.97 Å². The molecule has 0 aliphatic rings. The molecule has 0 unspecified atom stereocenters. The standard InChI is InChI=1S/C23H18ClIN2O3/c1-2-30-23(29)13-5-6-20-16(7-13)17-8-15(9-18(22(26)28)21(17)27-20)12-3-4-14(11-25)19(24)10-12/h3-10,27H,2,11H2,1H3,(H2,26,28). The number of rotatable bonds is 5. The number of H-pyrrole nitrogens is 1. The van der Waals surface area contributed by atoms with Crippen molar-refractivity contribution in [1.29, 1.82) is 0 Å². The number of hydrogen-bond acceptors (Lipinski definition) is 3. The molecule has 0 radical (unpaired) electrons. The summed E-state index contributed by atoms with van der Waals surface area (Å²) in [6.45, 7) is 2.07. The Kier molecular flexibility index (Phi) is 5.71. The molecule has 1 heterocycles. The van der Waals surface area contributed by atoms with Gasteiger partial charge in [0.15, 0.2) is 0 Å². The summed E-state index contributed by atoms with van der Waals surface area (Å²) in [6.07, 6.45) is 0. The van der Waals surface area contributed by atoms with E-state index < -0.39 is 5.91 Å². The fourth-order valence-corrected chi connectivity index (χ4v) is 4.68. The van der Waals surface area contributed by atoms with Gasteiger partial charge < -0.3 is 15.5 Å². The maximum absolute atomic E-state index is 12.2. The fourth-order valence-electron chi connectivity index (χ4n) is 3.54. The number of ether oxygens (including phenoxy) is 1. The summed E-state index contributed by atoms with van der Waals surface area (Å²) in [4.78, 5) is 27.6. The molecule has 1 aromatic heterocycles. The normalized spacial score (nSPS) is 11.2. The second kappa shape index (κ2) is 8.28. The van der Waals surface area contributed by atoms with Crippen molar-refractivity contribution >= 4 is 67.9 Å². The number of amides is 1. The van der Waals surface area contributed by atoms with Gasteiger partial charge in [0.2, 0.25) is 0 Å². The molecule has 0 aliphatic heterocycles. The van der Waals surface area contributed by atoms with Crippen LogP contribution in [0.25, 0.3) is 32.9 Å². The fraction of sp³-hybridized carbons (Fsp3) is 0.130. The third-order valence-corrected chi connectivity index (χ3v) is 6.19. The van der Waals surface area contributed by atoms with Gasteiger partial charge in [-0.25, -0.2) is 4.79 Å². The van der Waals surface area contributed by atoms with Gasteiger partial charge in [0.1, 0.15) is 0 Å². The number of nitrogens with two attached hydrogens (primary N) is 1. The van der Waals surface area contributed by atoms with Crippen LogP contribution in [0.5, 0.6) is 0 Å². The van der Waals surface area contributed by atoms with Crippen molar-refractivity contribution in [3.8, 4) is 11.1 Å². The van der Waals surface area contributed by atoms with Gasteiger partial charge in [0, 0.05) is 25.7 Å². The summed E-state index contributed by atoms with van der Waals surface area (Å²) < 4.78 is 5.92. The molecule has 3 N–H and O–H groups in total. The predicted octanol–water partition coefficient (Wildman–Crippen LogP) is 5.85. The minimum absolute atomic E-state index is 0.300. The number of esters is 1. The molecule has 5 nitrogen and oxygen atoms in total. The van der Waals surface area contributed by atoms with Gasteiger partial charge in [0.05, 0.1) is 23.3 Å². The van der Waals surface area contributed by atoms with Crippen molar-refractivity contribution in [2.24, 2.45) is 5.73 Å². The highest BCUT2D eigenvalue weighted by atomic mass is 127. The lowest BCUT2D eigenvalue weighted by molar-refractivity contribution is 0.0526. The van der Waals surface area contributed by atoms with Crippen molar-refractivity contribution in [1.82, 2.24) is 4.98 Å². The number of benzene rings is 3. The molecule has 0 saturated carbocycles. The lowest BCUT2D eigenvalue weighted by Crippen LogP contribution is -2.11. The minimum atomic E-state index is -0.533. The lowest BCUT2D eigenvalue weighted by Gasteiger charge is -2.08. The number of primary amides is 1. The van der Waals surface area contributed by atoms with Crippen LogP contribution in [0, 0.1) is 0 Å². The van der Waals surface area contributed by atoms with E-state index in [1.54, 1.807) is 31.2 Å². The van der Waals surface area contributed by atoms with Gasteiger partial charge in [-0.05, 0) is 60.0 Å². The highest BCUT2D eigenvalue weighted by Gasteiger charge is 2.17. The van der Waals surface area contributed by atoms with E-state index >= 15 is 0 Å². The summed E-state index contributed by atoms with van der Waals surface area (Å²) in [5.74, 6) is -0.921. The number of alkyl halides is 1. The van der Waals surface area contributed by atoms with Gasteiger partial charge in [0.25, 0.3) is 5.91 Å². The molecule has 4 rings (SSSR count). The van der Waals surface area contributed by atoms with Crippen LogP contribution >= 0.6 is 34.2 Å². The topological polar surface area (TPSA) is 85.2 Å². The Morgan fingerprint density at radius 1 is 1.07 bits per heavy atom. The van der Waals surface area contributed by atoms with Crippen LogP contribution in [-0.4, -0.2) is 23.5 Å². The van der Waals surface area contributed by atoms with E-state index in [9.17, 15) is 9.59 Å². The molecular formula is C23H18ClIN2O3. The van der Waals surface area contributed by atoms with Gasteiger partial charge in [-0.15, -0.1) is 0 Å². The number of aromatic amines is 1. The molecule has 4 aromatic rings. The first-order valence-corrected chi connectivity index (χ1v) is 11.2. The van der Waals surface area contributed by atoms with Crippen LogP contribution in [0.2, 0.25) is 5.02 Å². The Balaban J connectivity index is 1.97. The Morgan fingerprint density at radius 3 is 2.53 bits per heavy atom. The van der Waals surface area contributed by atoms with E-state index in [4.69, 9.17) is 22.1 Å². The number of nitrogens with one attached hydrogen (secondary N) is 1. The van der Waals surface area contributed by atoms with Crippen LogP contribution in [0.4, 0.5) is 0 Å². The van der Waals surface area contributed by atoms with E-state index in [1.165, 1.54) is 0 Å². The molecule has 0 saturated heterocycles. The first-order chi connectivity index (χ1) is 14.4. The average Bonchev–Trinajstić information content (AvgIpc) is 3.10. The molecule has 3 aromatic carbocycles. The zero-order valence-electron chi connectivity index (χ0n) is 16.1. The molecule has 152 valence electrons. The van der Waals surface area contributed by atoms with Crippen LogP contribution in [0.15, 0.2) is 48.5 Å². The van der Waals surface area contributed by atoms with E-state index in [0.29, 0.717) is 28.3 Å². The van der Waals surface area contributed by atoms with Crippen molar-refractivity contribution in [3.05, 3.63) is 70.2 Å². The largest absolute Gasteiger partial charge is 0.462 e. The summed E-state index contributed by atoms with van der Waals surface area (Å²) in [6, 6.07) is 14.9. The van der Waals surface area contributed by atoms with Crippen molar-refractivity contribution in [2.75, 3.05) is 6.61 Å². The SMILES string of the molecule is CCOC(=O)c1ccc2[nH]c3c(C(N)=O)cc(-c4ccc(CI)c(Cl)c4)cc3c2c1. The van der Waals surface area contributed by atoms with Gasteiger partial charge in [-0.3, -0.25) is 4.79 Å². The molecule has 0 aliphatic carbocycles. The number of carbonyl (C=O) groups excluding carboxylic acids is 2. The van der Waals surface area contributed by atoms with Crippen molar-refractivity contribution in [3.63, 3.8) is 0 Å². The zero-order chi connectivity index (χ0) is 21.4. The first-order valence-electron chi connectivity index (χ1n) is 9.34. The highest BCUT2D eigenvalue weighted by molar-refractivity contribution is 14.1. The molecule has 0 atom stereocenters. The number of hydrogen-bond donors (Lipinski definition) is 2. The summed E-state index contributed by atoms with van der Waals surface area (Å²) in [5.41, 5.74) is 10.7. The Hall–Kier alpha value is -2.58. The van der Waals surface area contributed by atoms with Crippen LogP contribution in [-0.2, 0) is 9.16 Å². The Morgan fingerprint density at radius 2 is 1.87 bits per heavy atom. The first kappa shape index (κ1) is 20.7. The number of fused-ring (bicyclic) bond motifs is 3. The van der Waals surface area contributed by atoms with Gasteiger partial charge in [-0.2, -0.15) is 0 Å². The quantitative estimate of drug-likeness (QED) is 0.192. The highest BCUT2D eigenvalue weighted by Crippen LogP contribution is 2.35. The Bertz CT molecular complexity index is 1310. The molecule has 0 spiro atoms. The smallest absolute Gasteiger partial charge is 0.338 e. The maximum atomic E-state index is 12.2. The molecule has 0 bridgehead atoms.